The highest BCUT2D eigenvalue weighted by molar-refractivity contribution is 5.94. The summed E-state index contributed by atoms with van der Waals surface area (Å²) in [7, 11) is 0. The van der Waals surface area contributed by atoms with Crippen LogP contribution in [0.25, 0.3) is 5.69 Å². The molecule has 0 bridgehead atoms. The van der Waals surface area contributed by atoms with Gasteiger partial charge in [0, 0.05) is 24.7 Å². The first kappa shape index (κ1) is 18.9. The average Bonchev–Trinajstić information content (AvgIpc) is 3.32. The molecule has 7 heteroatoms. The monoisotopic (exact) mass is 375 g/mol. The van der Waals surface area contributed by atoms with Gasteiger partial charge in [-0.25, -0.2) is 9.67 Å². The molecule has 26 heavy (non-hydrogen) atoms. The molecule has 6 nitrogen and oxygen atoms in total. The van der Waals surface area contributed by atoms with Gasteiger partial charge in [0.05, 0.1) is 5.69 Å². The predicted molar refractivity (Wildman–Crippen MR) is 103 cm³/mol. The highest BCUT2D eigenvalue weighted by Gasteiger charge is 2.26. The smallest absolute Gasteiger partial charge is 0.253 e. The largest absolute Gasteiger partial charge is 0.339 e. The lowest BCUT2D eigenvalue weighted by atomic mass is 10.0. The van der Waals surface area contributed by atoms with Crippen molar-refractivity contribution in [3.8, 4) is 5.69 Å². The zero-order valence-electron chi connectivity index (χ0n) is 15.1. The number of amides is 1. The Balaban J connectivity index is 0.00000196. The zero-order chi connectivity index (χ0) is 17.2. The lowest BCUT2D eigenvalue weighted by molar-refractivity contribution is 0.0705. The van der Waals surface area contributed by atoms with E-state index in [1.54, 1.807) is 11.0 Å². The third-order valence-corrected chi connectivity index (χ3v) is 5.28. The minimum atomic E-state index is 0. The summed E-state index contributed by atoms with van der Waals surface area (Å²) in [5.41, 5.74) is 2.74. The van der Waals surface area contributed by atoms with E-state index in [1.165, 1.54) is 19.2 Å². The normalized spacial score (nSPS) is 17.8. The Morgan fingerprint density at radius 3 is 2.62 bits per heavy atom. The van der Waals surface area contributed by atoms with Gasteiger partial charge < -0.3 is 10.2 Å². The van der Waals surface area contributed by atoms with Crippen molar-refractivity contribution in [3.63, 3.8) is 0 Å². The van der Waals surface area contributed by atoms with Crippen molar-refractivity contribution in [3.05, 3.63) is 42.0 Å². The van der Waals surface area contributed by atoms with E-state index in [0.29, 0.717) is 6.04 Å². The third kappa shape index (κ3) is 4.24. The van der Waals surface area contributed by atoms with E-state index >= 15 is 0 Å². The summed E-state index contributed by atoms with van der Waals surface area (Å²) in [6.45, 7) is 4.83. The Morgan fingerprint density at radius 1 is 1.23 bits per heavy atom. The number of nitrogens with one attached hydrogen (secondary N) is 1. The summed E-state index contributed by atoms with van der Waals surface area (Å²) < 4.78 is 1.72. The lowest BCUT2D eigenvalue weighted by Crippen LogP contribution is -2.45. The highest BCUT2D eigenvalue weighted by atomic mass is 35.5. The Kier molecular flexibility index (Phi) is 5.94. The zero-order valence-corrected chi connectivity index (χ0v) is 15.9. The molecule has 2 heterocycles. The Bertz CT molecular complexity index is 736. The van der Waals surface area contributed by atoms with E-state index < -0.39 is 0 Å². The number of aromatic nitrogens is 3. The second-order valence-electron chi connectivity index (χ2n) is 7.26. The molecule has 0 unspecified atom stereocenters. The maximum absolute atomic E-state index is 12.8. The number of benzene rings is 1. The SMILES string of the molecule is Cc1cc(C(=O)N2CCC(NCC3CC3)CC2)ccc1-n1cncn1.Cl. The molecule has 1 aliphatic carbocycles. The minimum Gasteiger partial charge on any atom is -0.339 e. The molecule has 1 aromatic carbocycles. The van der Waals surface area contributed by atoms with Crippen LogP contribution in [0.15, 0.2) is 30.9 Å². The highest BCUT2D eigenvalue weighted by Crippen LogP contribution is 2.28. The number of rotatable bonds is 5. The van der Waals surface area contributed by atoms with Gasteiger partial charge in [0.25, 0.3) is 5.91 Å². The van der Waals surface area contributed by atoms with Crippen LogP contribution in [0.2, 0.25) is 0 Å². The van der Waals surface area contributed by atoms with Crippen LogP contribution in [0, 0.1) is 12.8 Å². The number of carbonyl (C=O) groups excluding carboxylic acids is 1. The van der Waals surface area contributed by atoms with Gasteiger partial charge in [-0.3, -0.25) is 4.79 Å². The summed E-state index contributed by atoms with van der Waals surface area (Å²) in [6.07, 6.45) is 8.05. The number of nitrogens with zero attached hydrogens (tertiary/aromatic N) is 4. The molecule has 4 rings (SSSR count). The first-order valence-corrected chi connectivity index (χ1v) is 9.19. The van der Waals surface area contributed by atoms with Crippen LogP contribution in [-0.2, 0) is 0 Å². The van der Waals surface area contributed by atoms with Gasteiger partial charge in [0.2, 0.25) is 0 Å². The molecule has 1 amide bonds. The van der Waals surface area contributed by atoms with Gasteiger partial charge in [-0.1, -0.05) is 0 Å². The van der Waals surface area contributed by atoms with Gasteiger partial charge >= 0.3 is 0 Å². The van der Waals surface area contributed by atoms with Crippen molar-refractivity contribution < 1.29 is 4.79 Å². The molecule has 1 saturated heterocycles. The number of piperidine rings is 1. The van der Waals surface area contributed by atoms with Crippen molar-refractivity contribution in [1.29, 1.82) is 0 Å². The topological polar surface area (TPSA) is 63.1 Å². The van der Waals surface area contributed by atoms with Crippen LogP contribution in [0.5, 0.6) is 0 Å². The molecule has 1 N–H and O–H groups in total. The molecule has 0 spiro atoms. The van der Waals surface area contributed by atoms with Crippen LogP contribution in [-0.4, -0.2) is 51.2 Å². The number of hydrogen-bond donors (Lipinski definition) is 1. The number of hydrogen-bond acceptors (Lipinski definition) is 4. The summed E-state index contributed by atoms with van der Waals surface area (Å²) >= 11 is 0. The molecule has 2 fully saturated rings. The van der Waals surface area contributed by atoms with Crippen LogP contribution in [0.1, 0.15) is 41.6 Å². The summed E-state index contributed by atoms with van der Waals surface area (Å²) in [5, 5.41) is 7.82. The first-order valence-electron chi connectivity index (χ1n) is 9.19. The summed E-state index contributed by atoms with van der Waals surface area (Å²) in [5.74, 6) is 1.04. The number of aryl methyl sites for hydroxylation is 1. The maximum atomic E-state index is 12.8. The first-order chi connectivity index (χ1) is 12.2. The van der Waals surface area contributed by atoms with E-state index in [9.17, 15) is 4.79 Å². The molecule has 140 valence electrons. The second kappa shape index (κ2) is 8.18. The van der Waals surface area contributed by atoms with Crippen LogP contribution in [0.4, 0.5) is 0 Å². The van der Waals surface area contributed by atoms with E-state index in [0.717, 1.165) is 55.2 Å². The van der Waals surface area contributed by atoms with E-state index in [-0.39, 0.29) is 18.3 Å². The number of carbonyl (C=O) groups is 1. The molecular weight excluding hydrogens is 350 g/mol. The Hall–Kier alpha value is -1.92. The van der Waals surface area contributed by atoms with E-state index in [1.807, 2.05) is 30.0 Å². The van der Waals surface area contributed by atoms with Crippen molar-refractivity contribution in [2.45, 2.75) is 38.6 Å². The van der Waals surface area contributed by atoms with E-state index in [4.69, 9.17) is 0 Å². The van der Waals surface area contributed by atoms with Crippen molar-refractivity contribution >= 4 is 18.3 Å². The molecule has 2 aromatic rings. The lowest BCUT2D eigenvalue weighted by Gasteiger charge is -2.32. The second-order valence-corrected chi connectivity index (χ2v) is 7.26. The van der Waals surface area contributed by atoms with Crippen molar-refractivity contribution in [1.82, 2.24) is 25.0 Å². The van der Waals surface area contributed by atoms with Gasteiger partial charge in [-0.05, 0) is 68.8 Å². The number of likely N-dealkylation sites (tertiary alicyclic amines) is 1. The van der Waals surface area contributed by atoms with Crippen molar-refractivity contribution in [2.24, 2.45) is 5.92 Å². The quantitative estimate of drug-likeness (QED) is 0.872. The van der Waals surface area contributed by atoms with Crippen LogP contribution in [0.3, 0.4) is 0 Å². The van der Waals surface area contributed by atoms with Gasteiger partial charge in [0.15, 0.2) is 0 Å². The molecule has 0 atom stereocenters. The van der Waals surface area contributed by atoms with Crippen LogP contribution >= 0.6 is 12.4 Å². The fraction of sp³-hybridized carbons (Fsp3) is 0.526. The van der Waals surface area contributed by atoms with Crippen LogP contribution < -0.4 is 5.32 Å². The van der Waals surface area contributed by atoms with Gasteiger partial charge in [-0.15, -0.1) is 12.4 Å². The van der Waals surface area contributed by atoms with Crippen molar-refractivity contribution in [2.75, 3.05) is 19.6 Å². The molecule has 1 aromatic heterocycles. The van der Waals surface area contributed by atoms with E-state index in [2.05, 4.69) is 15.4 Å². The molecule has 2 aliphatic rings. The molecule has 1 aliphatic heterocycles. The summed E-state index contributed by atoms with van der Waals surface area (Å²) in [6, 6.07) is 6.36. The van der Waals surface area contributed by atoms with Gasteiger partial charge in [-0.2, -0.15) is 5.10 Å². The maximum Gasteiger partial charge on any atom is 0.253 e. The Labute approximate surface area is 160 Å². The average molecular weight is 376 g/mol. The third-order valence-electron chi connectivity index (χ3n) is 5.28. The molecular formula is C19H26ClN5O. The van der Waals surface area contributed by atoms with Gasteiger partial charge in [0.1, 0.15) is 12.7 Å². The Morgan fingerprint density at radius 2 is 2.00 bits per heavy atom. The molecule has 0 radical (unpaired) electrons. The minimum absolute atomic E-state index is 0. The fourth-order valence-corrected chi connectivity index (χ4v) is 3.50. The summed E-state index contributed by atoms with van der Waals surface area (Å²) in [4.78, 5) is 18.8. The molecule has 1 saturated carbocycles. The number of halogens is 1. The fourth-order valence-electron chi connectivity index (χ4n) is 3.50. The predicted octanol–water partition coefficient (Wildman–Crippen LogP) is 2.60. The standard InChI is InChI=1S/C19H25N5O.ClH/c1-14-10-16(4-5-18(14)24-13-20-12-22-24)19(25)23-8-6-17(7-9-23)21-11-15-2-3-15;/h4-5,10,12-13,15,17,21H,2-3,6-9,11H2,1H3;1H.